The van der Waals surface area contributed by atoms with Crippen LogP contribution < -0.4 is 14.6 Å². The summed E-state index contributed by atoms with van der Waals surface area (Å²) in [5.41, 5.74) is 0.639. The molecule has 8 heteroatoms. The predicted molar refractivity (Wildman–Crippen MR) is 81.8 cm³/mol. The molecule has 0 radical (unpaired) electrons. The number of aromatic nitrogens is 4. The van der Waals surface area contributed by atoms with Gasteiger partial charge in [0.05, 0.1) is 26.0 Å². The summed E-state index contributed by atoms with van der Waals surface area (Å²) in [6.07, 6.45) is 0. The van der Waals surface area contributed by atoms with E-state index in [0.29, 0.717) is 11.1 Å². The molecule has 0 fully saturated rings. The molecule has 0 saturated carbocycles. The molecule has 0 aliphatic heterocycles. The van der Waals surface area contributed by atoms with Gasteiger partial charge in [-0.2, -0.15) is 0 Å². The van der Waals surface area contributed by atoms with Gasteiger partial charge in [-0.15, -0.1) is 0 Å². The number of hydrogen-bond donors (Lipinski definition) is 0. The molecule has 0 saturated heterocycles. The third-order valence-electron chi connectivity index (χ3n) is 3.70. The first-order valence-electron chi connectivity index (χ1n) is 7.08. The maximum Gasteiger partial charge on any atom is 0.352 e. The van der Waals surface area contributed by atoms with Gasteiger partial charge in [-0.05, 0) is 29.2 Å². The minimum atomic E-state index is -0.114. The van der Waals surface area contributed by atoms with Crippen molar-refractivity contribution in [3.8, 4) is 22.5 Å². The second-order valence-electron chi connectivity index (χ2n) is 5.10. The Hall–Kier alpha value is -3.68. The van der Waals surface area contributed by atoms with Crippen LogP contribution in [0.25, 0.3) is 33.5 Å². The molecule has 2 aromatic carbocycles. The summed E-state index contributed by atoms with van der Waals surface area (Å²) >= 11 is 0. The standard InChI is InChI=1S/C16H10N4O4/c21-18-14(11-7-3-1-4-8-11)13-16(20(23)24-17-13)15(19(18)22)12-9-5-2-6-10-12/h1-10H. The smallest absolute Gasteiger partial charge is 0.352 e. The fourth-order valence-electron chi connectivity index (χ4n) is 2.65. The number of nitrogens with zero attached hydrogens (tertiary/aromatic N) is 4. The molecule has 118 valence electrons. The highest BCUT2D eigenvalue weighted by molar-refractivity contribution is 5.91. The molecule has 0 amide bonds. The highest BCUT2D eigenvalue weighted by atomic mass is 16.8. The van der Waals surface area contributed by atoms with E-state index in [9.17, 15) is 15.6 Å². The first-order chi connectivity index (χ1) is 11.7. The largest absolute Gasteiger partial charge is 0.560 e. The van der Waals surface area contributed by atoms with Crippen molar-refractivity contribution in [1.82, 2.24) is 5.16 Å². The molecule has 0 N–H and O–H groups in total. The van der Waals surface area contributed by atoms with Gasteiger partial charge in [0.1, 0.15) is 0 Å². The second kappa shape index (κ2) is 5.20. The molecule has 0 atom stereocenters. The van der Waals surface area contributed by atoms with Crippen LogP contribution in [0.5, 0.6) is 0 Å². The minimum absolute atomic E-state index is 0.0251. The van der Waals surface area contributed by atoms with E-state index < -0.39 is 0 Å². The Morgan fingerprint density at radius 1 is 0.708 bits per heavy atom. The molecule has 2 aromatic heterocycles. The Morgan fingerprint density at radius 3 is 1.79 bits per heavy atom. The molecule has 0 bridgehead atoms. The van der Waals surface area contributed by atoms with E-state index in [1.165, 1.54) is 0 Å². The average molecular weight is 322 g/mol. The molecule has 8 nitrogen and oxygen atoms in total. The SMILES string of the molecule is [O-][n+]1onc2c(-c3ccccc3)[n+]([O-])[n+]([O-])c(-c3ccccc3)c21. The lowest BCUT2D eigenvalue weighted by Crippen LogP contribution is -2.63. The van der Waals surface area contributed by atoms with Gasteiger partial charge in [-0.3, -0.25) is 4.63 Å². The van der Waals surface area contributed by atoms with Crippen LogP contribution in [0.1, 0.15) is 0 Å². The lowest BCUT2D eigenvalue weighted by Gasteiger charge is -2.05. The summed E-state index contributed by atoms with van der Waals surface area (Å²) < 4.78 is 4.66. The van der Waals surface area contributed by atoms with Gasteiger partial charge in [-0.25, -0.2) is 0 Å². The van der Waals surface area contributed by atoms with Crippen LogP contribution in [0.4, 0.5) is 0 Å². The molecule has 24 heavy (non-hydrogen) atoms. The van der Waals surface area contributed by atoms with E-state index in [-0.39, 0.29) is 37.0 Å². The number of rotatable bonds is 2. The molecule has 0 aliphatic rings. The van der Waals surface area contributed by atoms with Crippen LogP contribution in [-0.4, -0.2) is 5.16 Å². The van der Waals surface area contributed by atoms with Crippen molar-refractivity contribution >= 4 is 11.0 Å². The molecular weight excluding hydrogens is 312 g/mol. The zero-order valence-corrected chi connectivity index (χ0v) is 12.2. The van der Waals surface area contributed by atoms with E-state index in [1.807, 2.05) is 0 Å². The fourth-order valence-corrected chi connectivity index (χ4v) is 2.65. The second-order valence-corrected chi connectivity index (χ2v) is 5.10. The van der Waals surface area contributed by atoms with Crippen molar-refractivity contribution in [2.24, 2.45) is 0 Å². The van der Waals surface area contributed by atoms with E-state index in [4.69, 9.17) is 0 Å². The first kappa shape index (κ1) is 13.9. The van der Waals surface area contributed by atoms with Crippen LogP contribution in [0.2, 0.25) is 0 Å². The summed E-state index contributed by atoms with van der Waals surface area (Å²) in [7, 11) is 0. The van der Waals surface area contributed by atoms with Gasteiger partial charge < -0.3 is 15.6 Å². The van der Waals surface area contributed by atoms with E-state index >= 15 is 0 Å². The van der Waals surface area contributed by atoms with Crippen molar-refractivity contribution in [3.05, 3.63) is 76.3 Å². The van der Waals surface area contributed by atoms with E-state index in [2.05, 4.69) is 9.79 Å². The molecule has 4 aromatic rings. The van der Waals surface area contributed by atoms with E-state index in [0.717, 1.165) is 0 Å². The number of benzene rings is 2. The third kappa shape index (κ3) is 1.93. The topological polar surface area (TPSA) is 107 Å². The summed E-state index contributed by atoms with van der Waals surface area (Å²) in [6.45, 7) is 0. The summed E-state index contributed by atoms with van der Waals surface area (Å²) in [4.78, 5) is 0.437. The van der Waals surface area contributed by atoms with Crippen LogP contribution in [0.3, 0.4) is 0 Å². The van der Waals surface area contributed by atoms with Crippen molar-refractivity contribution < 1.29 is 19.2 Å². The fraction of sp³-hybridized carbons (Fsp3) is 0. The monoisotopic (exact) mass is 322 g/mol. The van der Waals surface area contributed by atoms with Crippen molar-refractivity contribution in [1.29, 1.82) is 0 Å². The lowest BCUT2D eigenvalue weighted by molar-refractivity contribution is -1.18. The number of fused-ring (bicyclic) bond motifs is 1. The molecular formula is C16H10N4O4. The minimum Gasteiger partial charge on any atom is -0.560 e. The maximum atomic E-state index is 12.6. The van der Waals surface area contributed by atoms with Crippen LogP contribution >= 0.6 is 0 Å². The Morgan fingerprint density at radius 2 is 1.21 bits per heavy atom. The average Bonchev–Trinajstić information content (AvgIpc) is 2.99. The Balaban J connectivity index is 2.15. The van der Waals surface area contributed by atoms with Crippen LogP contribution in [0, 0.1) is 15.6 Å². The lowest BCUT2D eigenvalue weighted by atomic mass is 10.1. The molecule has 0 spiro atoms. The molecule has 2 heterocycles. The zero-order chi connectivity index (χ0) is 16.7. The van der Waals surface area contributed by atoms with Crippen molar-refractivity contribution in [2.45, 2.75) is 0 Å². The summed E-state index contributed by atoms with van der Waals surface area (Å²) in [5.74, 6) is 0. The molecule has 0 aliphatic carbocycles. The van der Waals surface area contributed by atoms with Crippen molar-refractivity contribution in [2.75, 3.05) is 0 Å². The Bertz CT molecular complexity index is 1030. The van der Waals surface area contributed by atoms with Gasteiger partial charge in [0, 0.05) is 0 Å². The third-order valence-corrected chi connectivity index (χ3v) is 3.70. The summed E-state index contributed by atoms with van der Waals surface area (Å²) in [5, 5.41) is 40.9. The predicted octanol–water partition coefficient (Wildman–Crippen LogP) is 1.06. The first-order valence-corrected chi connectivity index (χ1v) is 7.08. The van der Waals surface area contributed by atoms with Gasteiger partial charge >= 0.3 is 22.4 Å². The highest BCUT2D eigenvalue weighted by Gasteiger charge is 2.38. The van der Waals surface area contributed by atoms with E-state index in [1.54, 1.807) is 60.7 Å². The summed E-state index contributed by atoms with van der Waals surface area (Å²) in [6, 6.07) is 16.9. The van der Waals surface area contributed by atoms with Gasteiger partial charge in [0.25, 0.3) is 0 Å². The number of hydrogen-bond acceptors (Lipinski definition) is 5. The highest BCUT2D eigenvalue weighted by Crippen LogP contribution is 2.27. The van der Waals surface area contributed by atoms with Crippen molar-refractivity contribution in [3.63, 3.8) is 0 Å². The normalized spacial score (nSPS) is 11.0. The molecule has 0 unspecified atom stereocenters. The Labute approximate surface area is 135 Å². The molecule has 4 rings (SSSR count). The maximum absolute atomic E-state index is 12.6. The van der Waals surface area contributed by atoms with Gasteiger partial charge in [-0.1, -0.05) is 36.4 Å². The zero-order valence-electron chi connectivity index (χ0n) is 12.2. The van der Waals surface area contributed by atoms with Gasteiger partial charge in [0.2, 0.25) is 0 Å². The van der Waals surface area contributed by atoms with Gasteiger partial charge in [0.15, 0.2) is 0 Å². The quantitative estimate of drug-likeness (QED) is 0.405. The Kier molecular flexibility index (Phi) is 3.02. The van der Waals surface area contributed by atoms with Crippen LogP contribution in [0.15, 0.2) is 65.3 Å². The van der Waals surface area contributed by atoms with Crippen LogP contribution in [-0.2, 0) is 0 Å².